The first-order valence-corrected chi connectivity index (χ1v) is 16.7. The molecule has 3 aliphatic heterocycles. The van der Waals surface area contributed by atoms with Crippen LogP contribution in [0.2, 0.25) is 0 Å². The number of unbranched alkanes of at least 4 members (excludes halogenated alkanes) is 2. The molecule has 0 amide bonds. The van der Waals surface area contributed by atoms with Crippen LogP contribution < -0.4 is 0 Å². The Balaban J connectivity index is 1.76. The number of terminal acetylenes is 1. The number of fused-ring (bicyclic) bond motifs is 2. The zero-order chi connectivity index (χ0) is 26.7. The zero-order valence-electron chi connectivity index (χ0n) is 20.7. The fourth-order valence-electron chi connectivity index (χ4n) is 4.20. The lowest BCUT2D eigenvalue weighted by molar-refractivity contribution is -0.0378. The van der Waals surface area contributed by atoms with Gasteiger partial charge in [0, 0.05) is 25.0 Å². The Hall–Kier alpha value is -0.0201. The molecule has 3 aliphatic rings. The van der Waals surface area contributed by atoms with Crippen LogP contribution in [0.25, 0.3) is 0 Å². The fraction of sp³-hybridized carbons (Fsp3) is 0.889. The first-order valence-electron chi connectivity index (χ1n) is 11.7. The molecule has 3 saturated heterocycles. The van der Waals surface area contributed by atoms with Gasteiger partial charge in [0.2, 0.25) is 0 Å². The van der Waals surface area contributed by atoms with E-state index < -0.39 is 66.4 Å². The Morgan fingerprint density at radius 3 is 2.42 bits per heavy atom. The maximum Gasteiger partial charge on any atom is 0.472 e. The lowest BCUT2D eigenvalue weighted by Crippen LogP contribution is -2.39. The summed E-state index contributed by atoms with van der Waals surface area (Å²) in [5, 5.41) is 0. The quantitative estimate of drug-likeness (QED) is 0.187. The van der Waals surface area contributed by atoms with Gasteiger partial charge in [0.25, 0.3) is 0 Å². The van der Waals surface area contributed by atoms with E-state index >= 15 is 0 Å². The number of hydrogen-bond acceptors (Lipinski definition) is 11. The number of phosphoric ester groups is 2. The van der Waals surface area contributed by atoms with Crippen LogP contribution in [0, 0.1) is 18.3 Å². The van der Waals surface area contributed by atoms with Crippen LogP contribution in [0.15, 0.2) is 0 Å². The van der Waals surface area contributed by atoms with Crippen LogP contribution in [0.5, 0.6) is 0 Å². The normalized spacial score (nSPS) is 45.4. The van der Waals surface area contributed by atoms with Crippen molar-refractivity contribution < 1.29 is 60.1 Å². The summed E-state index contributed by atoms with van der Waals surface area (Å²) >= 11 is 0. The average Bonchev–Trinajstić information content (AvgIpc) is 3.20. The first-order chi connectivity index (χ1) is 16.7. The van der Waals surface area contributed by atoms with Gasteiger partial charge in [-0.15, -0.1) is 12.3 Å². The summed E-state index contributed by atoms with van der Waals surface area (Å²) < 4.78 is 82.1. The zero-order valence-corrected chi connectivity index (χ0v) is 23.3. The SMILES string of the molecule is B[C@@H]1O[C@@H]2COP(C)(=O)OC3[C@@H](COP(=O)(O)OC2[C@@H]1C)O[C@@H](B)[C@H]3OP(=O)(O)OCCCCC#C. The van der Waals surface area contributed by atoms with Crippen molar-refractivity contribution in [1.29, 1.82) is 0 Å². The van der Waals surface area contributed by atoms with Crippen molar-refractivity contribution in [2.45, 2.75) is 68.7 Å². The van der Waals surface area contributed by atoms with E-state index in [0.29, 0.717) is 19.3 Å². The van der Waals surface area contributed by atoms with Gasteiger partial charge in [-0.25, -0.2) is 9.13 Å². The van der Waals surface area contributed by atoms with Gasteiger partial charge in [0.15, 0.2) is 0 Å². The molecule has 0 radical (unpaired) electrons. The number of hydrogen-bond donors (Lipinski definition) is 2. The van der Waals surface area contributed by atoms with Crippen molar-refractivity contribution >= 4 is 38.9 Å². The minimum atomic E-state index is -4.58. The molecule has 0 aromatic carbocycles. The topological polar surface area (TPSA) is 166 Å². The predicted octanol–water partition coefficient (Wildman–Crippen LogP) is 0.385. The van der Waals surface area contributed by atoms with E-state index in [1.165, 1.54) is 14.5 Å². The van der Waals surface area contributed by atoms with Crippen molar-refractivity contribution in [1.82, 2.24) is 0 Å². The first kappa shape index (κ1) is 30.5. The Morgan fingerprint density at radius 2 is 1.72 bits per heavy atom. The lowest BCUT2D eigenvalue weighted by atomic mass is 9.86. The molecule has 2 N–H and O–H groups in total. The molecule has 3 heterocycles. The molecule has 11 atom stereocenters. The second kappa shape index (κ2) is 12.4. The van der Waals surface area contributed by atoms with Crippen molar-refractivity contribution in [3.63, 3.8) is 0 Å². The van der Waals surface area contributed by atoms with E-state index in [4.69, 9.17) is 43.0 Å². The summed E-state index contributed by atoms with van der Waals surface area (Å²) in [5.41, 5.74) is 0. The number of ether oxygens (including phenoxy) is 2. The monoisotopic (exact) mass is 572 g/mol. The summed E-state index contributed by atoms with van der Waals surface area (Å²) in [7, 11) is -9.66. The maximum atomic E-state index is 13.2. The van der Waals surface area contributed by atoms with E-state index in [2.05, 4.69) is 5.92 Å². The molecule has 0 aliphatic carbocycles. The van der Waals surface area contributed by atoms with Crippen LogP contribution >= 0.6 is 23.2 Å². The molecule has 13 nitrogen and oxygen atoms in total. The molecule has 5 unspecified atom stereocenters. The largest absolute Gasteiger partial charge is 0.472 e. The molecule has 36 heavy (non-hydrogen) atoms. The van der Waals surface area contributed by atoms with Crippen molar-refractivity contribution in [3.8, 4) is 12.3 Å². The molecule has 3 fully saturated rings. The highest BCUT2D eigenvalue weighted by atomic mass is 31.2. The van der Waals surface area contributed by atoms with Crippen LogP contribution in [-0.4, -0.2) is 94.5 Å². The van der Waals surface area contributed by atoms with Gasteiger partial charge in [-0.2, -0.15) is 0 Å². The minimum Gasteiger partial charge on any atom is -0.378 e. The van der Waals surface area contributed by atoms with Crippen LogP contribution in [0.3, 0.4) is 0 Å². The van der Waals surface area contributed by atoms with E-state index in [1.54, 1.807) is 14.8 Å². The molecule has 0 bridgehead atoms. The standard InChI is InChI=1S/C18H33B2O13P3/c1-4-5-6-7-8-26-35(22,23)33-16-15-13(30-18(16)20)10-28-36(24,25)32-14-11(2)17(19)29-12(14)9-27-34(3,21)31-15/h1,11-18H,5-10,19-20H2,2-3H3,(H,22,23)(H,24,25)/t11-,12+,13+,14?,15?,16-,17+,18+,34?/m0/s1. The Morgan fingerprint density at radius 1 is 1.08 bits per heavy atom. The van der Waals surface area contributed by atoms with Crippen LogP contribution in [0.4, 0.5) is 0 Å². The predicted molar refractivity (Wildman–Crippen MR) is 132 cm³/mol. The smallest absolute Gasteiger partial charge is 0.378 e. The van der Waals surface area contributed by atoms with Crippen molar-refractivity contribution in [2.24, 2.45) is 5.92 Å². The summed E-state index contributed by atoms with van der Waals surface area (Å²) in [6.07, 6.45) is 1.45. The Labute approximate surface area is 212 Å². The van der Waals surface area contributed by atoms with Crippen LogP contribution in [0.1, 0.15) is 26.2 Å². The summed E-state index contributed by atoms with van der Waals surface area (Å²) in [5.74, 6) is 2.19. The summed E-state index contributed by atoms with van der Waals surface area (Å²) in [6, 6.07) is -1.18. The van der Waals surface area contributed by atoms with E-state index in [9.17, 15) is 23.5 Å². The maximum absolute atomic E-state index is 13.2. The van der Waals surface area contributed by atoms with Gasteiger partial charge in [-0.3, -0.25) is 27.2 Å². The van der Waals surface area contributed by atoms with Crippen LogP contribution in [-0.2, 0) is 50.3 Å². The van der Waals surface area contributed by atoms with Crippen molar-refractivity contribution in [2.75, 3.05) is 26.5 Å². The van der Waals surface area contributed by atoms with Gasteiger partial charge >= 0.3 is 23.2 Å². The summed E-state index contributed by atoms with van der Waals surface area (Å²) in [4.78, 5) is 20.5. The second-order valence-electron chi connectivity index (χ2n) is 9.12. The van der Waals surface area contributed by atoms with Gasteiger partial charge in [-0.1, -0.05) is 6.92 Å². The minimum absolute atomic E-state index is 0.0741. The second-order valence-corrected chi connectivity index (χ2v) is 13.9. The highest BCUT2D eigenvalue weighted by molar-refractivity contribution is 7.53. The van der Waals surface area contributed by atoms with Crippen molar-refractivity contribution in [3.05, 3.63) is 0 Å². The molecular formula is C18H33B2O13P3. The summed E-state index contributed by atoms with van der Waals surface area (Å²) in [6.45, 7) is 2.16. The molecule has 0 saturated carbocycles. The third kappa shape index (κ3) is 8.24. The average molecular weight is 572 g/mol. The number of rotatable bonds is 7. The molecule has 204 valence electrons. The highest BCUT2D eigenvalue weighted by Crippen LogP contribution is 2.55. The molecule has 0 spiro atoms. The molecule has 18 heteroatoms. The molecule has 3 rings (SSSR count). The lowest BCUT2D eigenvalue weighted by Gasteiger charge is -2.30. The highest BCUT2D eigenvalue weighted by Gasteiger charge is 2.52. The van der Waals surface area contributed by atoms with E-state index in [1.807, 2.05) is 0 Å². The Bertz CT molecular complexity index is 948. The molecule has 0 aromatic heterocycles. The third-order valence-corrected chi connectivity index (χ3v) is 9.47. The fourth-order valence-corrected chi connectivity index (χ4v) is 7.43. The van der Waals surface area contributed by atoms with Gasteiger partial charge in [-0.05, 0) is 12.8 Å². The third-order valence-electron chi connectivity index (χ3n) is 6.23. The molecular weight excluding hydrogens is 539 g/mol. The van der Waals surface area contributed by atoms with Gasteiger partial charge in [0.05, 0.1) is 25.8 Å². The van der Waals surface area contributed by atoms with E-state index in [0.717, 1.165) is 0 Å². The number of phosphoric acid groups is 2. The molecule has 0 aromatic rings. The van der Waals surface area contributed by atoms with Gasteiger partial charge < -0.3 is 23.8 Å². The Kier molecular flexibility index (Phi) is 10.5. The van der Waals surface area contributed by atoms with Gasteiger partial charge in [0.1, 0.15) is 46.2 Å². The van der Waals surface area contributed by atoms with E-state index in [-0.39, 0.29) is 25.1 Å².